The highest BCUT2D eigenvalue weighted by atomic mass is 32.2. The largest absolute Gasteiger partial charge is 0.466 e. The van der Waals surface area contributed by atoms with Gasteiger partial charge in [0.25, 0.3) is 0 Å². The van der Waals surface area contributed by atoms with Crippen molar-refractivity contribution in [2.24, 2.45) is 5.92 Å². The minimum Gasteiger partial charge on any atom is -0.466 e. The van der Waals surface area contributed by atoms with Crippen molar-refractivity contribution in [3.05, 3.63) is 17.3 Å². The average Bonchev–Trinajstić information content (AvgIpc) is 3.10. The highest BCUT2D eigenvalue weighted by molar-refractivity contribution is 8.00. The van der Waals surface area contributed by atoms with Crippen LogP contribution in [0.25, 0.3) is 10.2 Å². The summed E-state index contributed by atoms with van der Waals surface area (Å²) < 4.78 is 5.10. The lowest BCUT2D eigenvalue weighted by Crippen LogP contribution is -2.43. The summed E-state index contributed by atoms with van der Waals surface area (Å²) in [5, 5.41) is 1.87. The molecule has 1 saturated heterocycles. The van der Waals surface area contributed by atoms with Crippen LogP contribution in [-0.4, -0.2) is 52.2 Å². The summed E-state index contributed by atoms with van der Waals surface area (Å²) in [6, 6.07) is 2.12. The first-order valence-electron chi connectivity index (χ1n) is 8.93. The van der Waals surface area contributed by atoms with Gasteiger partial charge in [-0.3, -0.25) is 9.59 Å². The van der Waals surface area contributed by atoms with E-state index in [1.807, 2.05) is 0 Å². The van der Waals surface area contributed by atoms with E-state index in [4.69, 9.17) is 4.74 Å². The third-order valence-electron chi connectivity index (χ3n) is 4.42. The Bertz CT molecular complexity index is 793. The lowest BCUT2D eigenvalue weighted by atomic mass is 9.98. The molecule has 0 aliphatic carbocycles. The molecule has 140 valence electrons. The Kier molecular flexibility index (Phi) is 6.48. The van der Waals surface area contributed by atoms with Gasteiger partial charge in [0.2, 0.25) is 5.91 Å². The third-order valence-corrected chi connectivity index (χ3v) is 6.60. The summed E-state index contributed by atoms with van der Waals surface area (Å²) in [7, 11) is 0. The number of carbonyl (C=O) groups excluding carboxylic acids is 2. The van der Waals surface area contributed by atoms with Gasteiger partial charge in [-0.15, -0.1) is 11.3 Å². The maximum atomic E-state index is 12.6. The minimum atomic E-state index is -0.201. The van der Waals surface area contributed by atoms with Gasteiger partial charge < -0.3 is 9.64 Å². The molecule has 1 aliphatic rings. The molecule has 1 aliphatic heterocycles. The molecule has 0 radical (unpaired) electrons. The van der Waals surface area contributed by atoms with Crippen molar-refractivity contribution in [1.29, 1.82) is 0 Å². The minimum absolute atomic E-state index is 0.0432. The van der Waals surface area contributed by atoms with Gasteiger partial charge in [-0.1, -0.05) is 18.7 Å². The number of thioether (sulfide) groups is 1. The summed E-state index contributed by atoms with van der Waals surface area (Å²) in [6.07, 6.45) is 4.15. The molecule has 0 spiro atoms. The number of hydrogen-bond acceptors (Lipinski definition) is 7. The Morgan fingerprint density at radius 3 is 3.00 bits per heavy atom. The molecule has 0 bridgehead atoms. The van der Waals surface area contributed by atoms with Crippen LogP contribution in [0, 0.1) is 5.92 Å². The number of esters is 1. The van der Waals surface area contributed by atoms with Gasteiger partial charge in [0.1, 0.15) is 16.2 Å². The fraction of sp³-hybridized carbons (Fsp3) is 0.556. The van der Waals surface area contributed by atoms with Gasteiger partial charge in [-0.2, -0.15) is 0 Å². The van der Waals surface area contributed by atoms with Crippen molar-refractivity contribution >= 4 is 45.2 Å². The van der Waals surface area contributed by atoms with Gasteiger partial charge in [-0.05, 0) is 32.3 Å². The zero-order valence-electron chi connectivity index (χ0n) is 15.1. The second-order valence-electron chi connectivity index (χ2n) is 6.18. The Hall–Kier alpha value is -1.67. The zero-order chi connectivity index (χ0) is 18.5. The topological polar surface area (TPSA) is 72.4 Å². The number of ether oxygens (including phenoxy) is 1. The first kappa shape index (κ1) is 19.1. The smallest absolute Gasteiger partial charge is 0.310 e. The molecule has 2 aromatic heterocycles. The number of carbonyl (C=O) groups is 2. The molecule has 1 atom stereocenters. The molecular weight excluding hydrogens is 370 g/mol. The summed E-state index contributed by atoms with van der Waals surface area (Å²) >= 11 is 3.11. The number of likely N-dealkylation sites (tertiary alicyclic amines) is 1. The molecule has 0 aromatic carbocycles. The molecule has 6 nitrogen and oxygen atoms in total. The first-order chi connectivity index (χ1) is 12.6. The molecule has 3 heterocycles. The third kappa shape index (κ3) is 4.35. The molecule has 2 aromatic rings. The van der Waals surface area contributed by atoms with Gasteiger partial charge in [0.15, 0.2) is 0 Å². The number of piperidine rings is 1. The fourth-order valence-corrected chi connectivity index (χ4v) is 4.93. The van der Waals surface area contributed by atoms with E-state index in [-0.39, 0.29) is 17.8 Å². The van der Waals surface area contributed by atoms with Gasteiger partial charge >= 0.3 is 5.97 Å². The average molecular weight is 394 g/mol. The number of nitrogens with zero attached hydrogens (tertiary/aromatic N) is 3. The second kappa shape index (κ2) is 8.81. The molecular formula is C18H23N3O3S2. The second-order valence-corrected chi connectivity index (χ2v) is 8.26. The van der Waals surface area contributed by atoms with Crippen LogP contribution >= 0.6 is 23.1 Å². The number of fused-ring (bicyclic) bond motifs is 1. The van der Waals surface area contributed by atoms with Crippen LogP contribution in [0.4, 0.5) is 0 Å². The molecule has 1 amide bonds. The molecule has 1 unspecified atom stereocenters. The van der Waals surface area contributed by atoms with Crippen molar-refractivity contribution in [3.8, 4) is 0 Å². The Labute approximate surface area is 161 Å². The highest BCUT2D eigenvalue weighted by Gasteiger charge is 2.29. The summed E-state index contributed by atoms with van der Waals surface area (Å²) in [4.78, 5) is 37.2. The molecule has 0 N–H and O–H groups in total. The quantitative estimate of drug-likeness (QED) is 0.426. The van der Waals surface area contributed by atoms with Gasteiger partial charge in [0, 0.05) is 23.4 Å². The zero-order valence-corrected chi connectivity index (χ0v) is 16.7. The van der Waals surface area contributed by atoms with E-state index < -0.39 is 0 Å². The van der Waals surface area contributed by atoms with Crippen molar-refractivity contribution < 1.29 is 14.3 Å². The lowest BCUT2D eigenvalue weighted by molar-refractivity contribution is -0.151. The standard InChI is InChI=1S/C18H23N3O3S2/c1-3-13-8-14-16(19-11-20-17(14)26-13)25-10-15(22)21-7-5-6-12(9-21)18(23)24-4-2/h8,11-12H,3-7,9-10H2,1-2H3. The van der Waals surface area contributed by atoms with Gasteiger partial charge in [-0.25, -0.2) is 9.97 Å². The first-order valence-corrected chi connectivity index (χ1v) is 10.7. The van der Waals surface area contributed by atoms with Crippen molar-refractivity contribution in [2.75, 3.05) is 25.4 Å². The summed E-state index contributed by atoms with van der Waals surface area (Å²) in [6.45, 7) is 5.45. The number of aryl methyl sites for hydroxylation is 1. The number of amides is 1. The number of rotatable bonds is 6. The van der Waals surface area contributed by atoms with E-state index in [0.717, 1.165) is 34.5 Å². The van der Waals surface area contributed by atoms with E-state index >= 15 is 0 Å². The summed E-state index contributed by atoms with van der Waals surface area (Å²) in [5.41, 5.74) is 0. The Balaban J connectivity index is 1.62. The maximum absolute atomic E-state index is 12.6. The van der Waals surface area contributed by atoms with Crippen LogP contribution < -0.4 is 0 Å². The Morgan fingerprint density at radius 2 is 2.23 bits per heavy atom. The van der Waals surface area contributed by atoms with Crippen molar-refractivity contribution in [2.45, 2.75) is 38.1 Å². The monoisotopic (exact) mass is 393 g/mol. The predicted octanol–water partition coefficient (Wildman–Crippen LogP) is 3.15. The van der Waals surface area contributed by atoms with Crippen LogP contribution in [0.1, 0.15) is 31.6 Å². The predicted molar refractivity (Wildman–Crippen MR) is 103 cm³/mol. The summed E-state index contributed by atoms with van der Waals surface area (Å²) in [5.74, 6) is -0.0338. The van der Waals surface area contributed by atoms with Crippen molar-refractivity contribution in [3.63, 3.8) is 0 Å². The van der Waals surface area contributed by atoms with Crippen molar-refractivity contribution in [1.82, 2.24) is 14.9 Å². The molecule has 3 rings (SSSR count). The molecule has 0 saturated carbocycles. The lowest BCUT2D eigenvalue weighted by Gasteiger charge is -2.31. The van der Waals surface area contributed by atoms with E-state index in [2.05, 4.69) is 23.0 Å². The molecule has 26 heavy (non-hydrogen) atoms. The maximum Gasteiger partial charge on any atom is 0.310 e. The highest BCUT2D eigenvalue weighted by Crippen LogP contribution is 2.31. The van der Waals surface area contributed by atoms with E-state index in [1.165, 1.54) is 16.6 Å². The number of thiophene rings is 1. The van der Waals surface area contributed by atoms with Crippen LogP contribution in [0.2, 0.25) is 0 Å². The number of hydrogen-bond donors (Lipinski definition) is 0. The fourth-order valence-electron chi connectivity index (χ4n) is 3.05. The van der Waals surface area contributed by atoms with Crippen LogP contribution in [-0.2, 0) is 20.7 Å². The van der Waals surface area contributed by atoms with E-state index in [1.54, 1.807) is 29.5 Å². The normalized spacial score (nSPS) is 17.5. The van der Waals surface area contributed by atoms with Crippen LogP contribution in [0.15, 0.2) is 17.4 Å². The van der Waals surface area contributed by atoms with E-state index in [0.29, 0.717) is 25.4 Å². The SMILES string of the molecule is CCOC(=O)C1CCCN(C(=O)CSc2ncnc3sc(CC)cc23)C1. The number of aromatic nitrogens is 2. The van der Waals surface area contributed by atoms with Crippen LogP contribution in [0.3, 0.4) is 0 Å². The van der Waals surface area contributed by atoms with Crippen LogP contribution in [0.5, 0.6) is 0 Å². The Morgan fingerprint density at radius 1 is 1.38 bits per heavy atom. The van der Waals surface area contributed by atoms with E-state index in [9.17, 15) is 9.59 Å². The molecule has 1 fully saturated rings. The van der Waals surface area contributed by atoms with Gasteiger partial charge in [0.05, 0.1) is 18.3 Å². The molecule has 8 heteroatoms.